The second-order valence-corrected chi connectivity index (χ2v) is 12.9. The summed E-state index contributed by atoms with van der Waals surface area (Å²) in [7, 11) is 2.23. The van der Waals surface area contributed by atoms with Crippen molar-refractivity contribution in [2.24, 2.45) is 7.05 Å². The molecule has 0 atom stereocenters. The van der Waals surface area contributed by atoms with Gasteiger partial charge in [-0.15, -0.1) is 0 Å². The maximum Gasteiger partial charge on any atom is 0.0713 e. The number of nitrogens with zero attached hydrogens (tertiary/aromatic N) is 1. The molecule has 0 unspecified atom stereocenters. The standard InChI is InChI=1S/C46H31N/c1-47-42-26-14-24-33(43(42)44-38-22-10-8-19-34(38)35-20-9-11-23-39(35)45(44)47)30-27-28-37-36-21-12-13-25-40(36)46(41(37)29-30,31-15-4-2-5-16-31)32-17-6-3-7-18-32/h2-29H,1H3. The van der Waals surface area contributed by atoms with Crippen molar-refractivity contribution in [2.45, 2.75) is 5.41 Å². The van der Waals surface area contributed by atoms with Crippen LogP contribution in [0, 0.1) is 0 Å². The van der Waals surface area contributed by atoms with Crippen molar-refractivity contribution >= 4 is 43.4 Å². The fraction of sp³-hybridized carbons (Fsp3) is 0.0435. The average molecular weight is 598 g/mol. The highest BCUT2D eigenvalue weighted by Gasteiger charge is 2.46. The van der Waals surface area contributed by atoms with E-state index in [-0.39, 0.29) is 0 Å². The van der Waals surface area contributed by atoms with Gasteiger partial charge in [-0.05, 0) is 72.8 Å². The SMILES string of the molecule is Cn1c2cccc(-c3ccc4c(c3)C(c3ccccc3)(c3ccccc3)c3ccccc3-4)c2c2c3ccccc3c3ccccc3c21. The van der Waals surface area contributed by atoms with Crippen molar-refractivity contribution in [3.05, 3.63) is 192 Å². The molecule has 0 amide bonds. The molecule has 10 rings (SSSR count). The van der Waals surface area contributed by atoms with Gasteiger partial charge in [0.25, 0.3) is 0 Å². The Morgan fingerprint density at radius 3 is 1.68 bits per heavy atom. The van der Waals surface area contributed by atoms with Crippen LogP contribution in [0.1, 0.15) is 22.3 Å². The van der Waals surface area contributed by atoms with Crippen LogP contribution in [0.3, 0.4) is 0 Å². The molecule has 47 heavy (non-hydrogen) atoms. The second-order valence-electron chi connectivity index (χ2n) is 12.9. The predicted molar refractivity (Wildman–Crippen MR) is 198 cm³/mol. The van der Waals surface area contributed by atoms with Crippen LogP contribution in [0.5, 0.6) is 0 Å². The third kappa shape index (κ3) is 3.43. The quantitative estimate of drug-likeness (QED) is 0.179. The molecule has 1 heteroatoms. The molecular formula is C46H31N. The third-order valence-electron chi connectivity index (χ3n) is 10.7. The maximum atomic E-state index is 2.49. The summed E-state index contributed by atoms with van der Waals surface area (Å²) in [6, 6.07) is 63.0. The van der Waals surface area contributed by atoms with Crippen molar-refractivity contribution in [3.63, 3.8) is 0 Å². The normalized spacial score (nSPS) is 13.4. The van der Waals surface area contributed by atoms with E-state index in [9.17, 15) is 0 Å². The summed E-state index contributed by atoms with van der Waals surface area (Å²) >= 11 is 0. The first-order valence-electron chi connectivity index (χ1n) is 16.4. The van der Waals surface area contributed by atoms with E-state index in [1.807, 2.05) is 0 Å². The van der Waals surface area contributed by atoms with Gasteiger partial charge in [0.05, 0.1) is 10.9 Å². The first-order valence-corrected chi connectivity index (χ1v) is 16.4. The highest BCUT2D eigenvalue weighted by Crippen LogP contribution is 2.57. The summed E-state index contributed by atoms with van der Waals surface area (Å²) in [6.07, 6.45) is 0. The molecule has 1 aliphatic rings. The summed E-state index contributed by atoms with van der Waals surface area (Å²) in [5, 5.41) is 7.84. The first kappa shape index (κ1) is 26.3. The monoisotopic (exact) mass is 597 g/mol. The van der Waals surface area contributed by atoms with E-state index in [0.29, 0.717) is 0 Å². The average Bonchev–Trinajstić information content (AvgIpc) is 3.62. The van der Waals surface area contributed by atoms with Crippen molar-refractivity contribution in [1.82, 2.24) is 4.57 Å². The van der Waals surface area contributed by atoms with Gasteiger partial charge in [0.2, 0.25) is 0 Å². The van der Waals surface area contributed by atoms with Crippen LogP contribution in [0.25, 0.3) is 65.6 Å². The van der Waals surface area contributed by atoms with E-state index in [4.69, 9.17) is 0 Å². The zero-order valence-electron chi connectivity index (χ0n) is 26.1. The zero-order valence-corrected chi connectivity index (χ0v) is 26.1. The van der Waals surface area contributed by atoms with E-state index >= 15 is 0 Å². The fourth-order valence-electron chi connectivity index (χ4n) is 8.78. The Hall–Kier alpha value is -5.92. The number of hydrogen-bond donors (Lipinski definition) is 0. The number of hydrogen-bond acceptors (Lipinski definition) is 0. The highest BCUT2D eigenvalue weighted by atomic mass is 14.9. The van der Waals surface area contributed by atoms with Gasteiger partial charge in [-0.2, -0.15) is 0 Å². The predicted octanol–water partition coefficient (Wildman–Crippen LogP) is 11.7. The molecule has 0 saturated carbocycles. The minimum absolute atomic E-state index is 0.431. The molecule has 0 bridgehead atoms. The van der Waals surface area contributed by atoms with E-state index in [1.54, 1.807) is 0 Å². The van der Waals surface area contributed by atoms with Gasteiger partial charge in [0.1, 0.15) is 0 Å². The molecule has 1 aromatic heterocycles. The Kier molecular flexibility index (Phi) is 5.48. The minimum Gasteiger partial charge on any atom is -0.343 e. The molecule has 0 radical (unpaired) electrons. The summed E-state index contributed by atoms with van der Waals surface area (Å²) in [5.74, 6) is 0. The highest BCUT2D eigenvalue weighted by molar-refractivity contribution is 6.33. The molecule has 0 N–H and O–H groups in total. The van der Waals surface area contributed by atoms with Crippen molar-refractivity contribution in [3.8, 4) is 22.3 Å². The van der Waals surface area contributed by atoms with Gasteiger partial charge in [-0.25, -0.2) is 0 Å². The Morgan fingerprint density at radius 1 is 0.404 bits per heavy atom. The first-order chi connectivity index (χ1) is 23.3. The molecule has 0 aliphatic heterocycles. The lowest BCUT2D eigenvalue weighted by molar-refractivity contribution is 0.769. The molecular weight excluding hydrogens is 567 g/mol. The molecule has 8 aromatic carbocycles. The molecule has 0 saturated heterocycles. The van der Waals surface area contributed by atoms with Crippen LogP contribution >= 0.6 is 0 Å². The zero-order chi connectivity index (χ0) is 31.1. The van der Waals surface area contributed by atoms with Gasteiger partial charge >= 0.3 is 0 Å². The van der Waals surface area contributed by atoms with Crippen LogP contribution in [0.15, 0.2) is 170 Å². The lowest BCUT2D eigenvalue weighted by Gasteiger charge is -2.34. The van der Waals surface area contributed by atoms with E-state index in [0.717, 1.165) is 0 Å². The summed E-state index contributed by atoms with van der Waals surface area (Å²) < 4.78 is 2.41. The Balaban J connectivity index is 1.34. The Morgan fingerprint density at radius 2 is 0.957 bits per heavy atom. The minimum atomic E-state index is -0.431. The number of fused-ring (bicyclic) bond motifs is 11. The van der Waals surface area contributed by atoms with Crippen LogP contribution in [-0.2, 0) is 12.5 Å². The van der Waals surface area contributed by atoms with Crippen molar-refractivity contribution in [1.29, 1.82) is 0 Å². The van der Waals surface area contributed by atoms with Crippen LogP contribution in [0.2, 0.25) is 0 Å². The van der Waals surface area contributed by atoms with Crippen LogP contribution < -0.4 is 0 Å². The number of aryl methyl sites for hydroxylation is 1. The van der Waals surface area contributed by atoms with Gasteiger partial charge in [0, 0.05) is 28.7 Å². The molecule has 0 fully saturated rings. The molecule has 1 heterocycles. The van der Waals surface area contributed by atoms with E-state index in [2.05, 4.69) is 181 Å². The van der Waals surface area contributed by atoms with E-state index < -0.39 is 5.41 Å². The Bertz CT molecular complexity index is 2640. The largest absolute Gasteiger partial charge is 0.343 e. The summed E-state index contributed by atoms with van der Waals surface area (Å²) in [6.45, 7) is 0. The topological polar surface area (TPSA) is 4.93 Å². The number of benzene rings is 8. The molecule has 1 aliphatic carbocycles. The molecule has 220 valence electrons. The van der Waals surface area contributed by atoms with Gasteiger partial charge in [0.15, 0.2) is 0 Å². The van der Waals surface area contributed by atoms with Crippen LogP contribution in [0.4, 0.5) is 0 Å². The van der Waals surface area contributed by atoms with E-state index in [1.165, 1.54) is 87.9 Å². The summed E-state index contributed by atoms with van der Waals surface area (Å²) in [4.78, 5) is 0. The molecule has 0 spiro atoms. The molecule has 9 aromatic rings. The lowest BCUT2D eigenvalue weighted by Crippen LogP contribution is -2.28. The van der Waals surface area contributed by atoms with Crippen molar-refractivity contribution < 1.29 is 0 Å². The number of aromatic nitrogens is 1. The van der Waals surface area contributed by atoms with Crippen LogP contribution in [-0.4, -0.2) is 4.57 Å². The van der Waals surface area contributed by atoms with Gasteiger partial charge in [-0.3, -0.25) is 0 Å². The smallest absolute Gasteiger partial charge is 0.0713 e. The van der Waals surface area contributed by atoms with Crippen molar-refractivity contribution in [2.75, 3.05) is 0 Å². The fourth-order valence-corrected chi connectivity index (χ4v) is 8.78. The summed E-state index contributed by atoms with van der Waals surface area (Å²) in [5.41, 5.74) is 12.5. The third-order valence-corrected chi connectivity index (χ3v) is 10.7. The second kappa shape index (κ2) is 9.79. The van der Waals surface area contributed by atoms with Gasteiger partial charge < -0.3 is 4.57 Å². The Labute approximate surface area is 274 Å². The lowest BCUT2D eigenvalue weighted by atomic mass is 9.67. The number of rotatable bonds is 3. The molecule has 1 nitrogen and oxygen atoms in total. The van der Waals surface area contributed by atoms with Gasteiger partial charge in [-0.1, -0.05) is 158 Å². The maximum absolute atomic E-state index is 2.49.